The Morgan fingerprint density at radius 3 is 2.94 bits per heavy atom. The van der Waals surface area contributed by atoms with Crippen LogP contribution in [-0.2, 0) is 4.79 Å². The molecule has 3 aliphatic heterocycles. The van der Waals surface area contributed by atoms with E-state index in [2.05, 4.69) is 30.5 Å². The monoisotopic (exact) mass is 462 g/mol. The van der Waals surface area contributed by atoms with Gasteiger partial charge in [0.2, 0.25) is 11.9 Å². The topological polar surface area (TPSA) is 118 Å². The minimum atomic E-state index is -4.52. The molecule has 174 valence electrons. The molecule has 1 unspecified atom stereocenters. The molecule has 5 rings (SSSR count). The lowest BCUT2D eigenvalue weighted by Gasteiger charge is -2.40. The van der Waals surface area contributed by atoms with Crippen LogP contribution in [0, 0.1) is 6.92 Å². The summed E-state index contributed by atoms with van der Waals surface area (Å²) in [6.07, 6.45) is 2.75. The van der Waals surface area contributed by atoms with Crippen LogP contribution < -0.4 is 16.0 Å². The highest BCUT2D eigenvalue weighted by molar-refractivity contribution is 5.91. The number of carbonyl (C=O) groups is 2. The predicted octanol–water partition coefficient (Wildman–Crippen LogP) is 1.56. The highest BCUT2D eigenvalue weighted by Gasteiger charge is 2.43. The Balaban J connectivity index is 1.36. The van der Waals surface area contributed by atoms with Crippen molar-refractivity contribution >= 4 is 28.9 Å². The van der Waals surface area contributed by atoms with Crippen molar-refractivity contribution in [2.75, 3.05) is 25.0 Å². The molecule has 0 spiro atoms. The Hall–Kier alpha value is -3.77. The predicted molar refractivity (Wildman–Crippen MR) is 112 cm³/mol. The van der Waals surface area contributed by atoms with Crippen LogP contribution in [0.3, 0.4) is 0 Å². The number of hydrogen-bond donors (Lipinski definition) is 4. The molecule has 10 nitrogen and oxygen atoms in total. The second-order valence-corrected chi connectivity index (χ2v) is 8.16. The van der Waals surface area contributed by atoms with E-state index in [0.29, 0.717) is 36.7 Å². The first-order valence-electron chi connectivity index (χ1n) is 10.4. The summed E-state index contributed by atoms with van der Waals surface area (Å²) >= 11 is 0. The smallest absolute Gasteiger partial charge is 0.366 e. The van der Waals surface area contributed by atoms with Gasteiger partial charge < -0.3 is 20.5 Å². The van der Waals surface area contributed by atoms with E-state index in [0.717, 1.165) is 10.9 Å². The summed E-state index contributed by atoms with van der Waals surface area (Å²) in [7, 11) is 0. The van der Waals surface area contributed by atoms with Gasteiger partial charge in [0, 0.05) is 30.9 Å². The maximum Gasteiger partial charge on any atom is 0.405 e. The number of rotatable bonds is 3. The number of aromatic nitrogens is 3. The Morgan fingerprint density at radius 2 is 2.15 bits per heavy atom. The van der Waals surface area contributed by atoms with Crippen molar-refractivity contribution in [2.24, 2.45) is 0 Å². The third-order valence-electron chi connectivity index (χ3n) is 5.91. The van der Waals surface area contributed by atoms with Crippen LogP contribution >= 0.6 is 0 Å². The number of dihydropyridines is 1. The maximum absolute atomic E-state index is 13.2. The van der Waals surface area contributed by atoms with Gasteiger partial charge in [-0.2, -0.15) is 18.2 Å². The van der Waals surface area contributed by atoms with E-state index in [1.54, 1.807) is 18.5 Å². The third kappa shape index (κ3) is 3.94. The van der Waals surface area contributed by atoms with Crippen LogP contribution in [-0.4, -0.2) is 74.6 Å². The van der Waals surface area contributed by atoms with Gasteiger partial charge in [-0.05, 0) is 25.0 Å². The van der Waals surface area contributed by atoms with E-state index in [1.165, 1.54) is 11.0 Å². The molecule has 0 saturated carbocycles. The number of carbonyl (C=O) groups excluding carboxylic acids is 2. The number of allylic oxidation sites excluding steroid dienone is 1. The summed E-state index contributed by atoms with van der Waals surface area (Å²) in [5, 5.41) is 8.34. The molecule has 13 heteroatoms. The number of nitrogens with one attached hydrogen (secondary N) is 4. The quantitative estimate of drug-likeness (QED) is 0.550. The van der Waals surface area contributed by atoms with E-state index in [-0.39, 0.29) is 12.0 Å². The van der Waals surface area contributed by atoms with Crippen molar-refractivity contribution in [3.63, 3.8) is 0 Å². The molecule has 3 aliphatic rings. The summed E-state index contributed by atoms with van der Waals surface area (Å²) < 4.78 is 37.5. The van der Waals surface area contributed by atoms with Gasteiger partial charge in [0.25, 0.3) is 0 Å². The Kier molecular flexibility index (Phi) is 4.91. The molecule has 1 saturated heterocycles. The highest BCUT2D eigenvalue weighted by atomic mass is 19.4. The number of urea groups is 1. The molecular formula is C20H21F3N8O2. The van der Waals surface area contributed by atoms with Crippen molar-refractivity contribution in [2.45, 2.75) is 31.6 Å². The maximum atomic E-state index is 13.2. The van der Waals surface area contributed by atoms with Gasteiger partial charge in [-0.1, -0.05) is 6.08 Å². The molecule has 3 amide bonds. The average Bonchev–Trinajstić information content (AvgIpc) is 3.35. The highest BCUT2D eigenvalue weighted by Crippen LogP contribution is 2.33. The van der Waals surface area contributed by atoms with Gasteiger partial charge in [-0.3, -0.25) is 15.0 Å². The molecule has 0 aromatic carbocycles. The van der Waals surface area contributed by atoms with E-state index in [4.69, 9.17) is 0 Å². The average molecular weight is 462 g/mol. The van der Waals surface area contributed by atoms with Crippen molar-refractivity contribution in [3.8, 4) is 0 Å². The SMILES string of the molecule is Cc1c[nH]c2nc(NC(=O)N3C4=C(C=CC(C(=O)NCC(F)(F)F)N4)N4CC[C@H]3C4)ncc12. The Morgan fingerprint density at radius 1 is 1.33 bits per heavy atom. The minimum Gasteiger partial charge on any atom is -0.366 e. The summed E-state index contributed by atoms with van der Waals surface area (Å²) in [4.78, 5) is 40.7. The Labute approximate surface area is 185 Å². The molecular weight excluding hydrogens is 441 g/mol. The normalized spacial score (nSPS) is 21.8. The first kappa shape index (κ1) is 21.1. The number of fused-ring (bicyclic) bond motifs is 4. The van der Waals surface area contributed by atoms with Crippen LogP contribution in [0.2, 0.25) is 0 Å². The molecule has 0 radical (unpaired) electrons. The largest absolute Gasteiger partial charge is 0.405 e. The van der Waals surface area contributed by atoms with E-state index in [9.17, 15) is 22.8 Å². The van der Waals surface area contributed by atoms with Gasteiger partial charge in [-0.25, -0.2) is 9.78 Å². The molecule has 2 aromatic heterocycles. The summed E-state index contributed by atoms with van der Waals surface area (Å²) in [5.74, 6) is -0.352. The lowest BCUT2D eigenvalue weighted by atomic mass is 10.1. The van der Waals surface area contributed by atoms with Gasteiger partial charge in [-0.15, -0.1) is 0 Å². The second-order valence-electron chi connectivity index (χ2n) is 8.16. The number of H-pyrrole nitrogens is 1. The summed E-state index contributed by atoms with van der Waals surface area (Å²) in [5.41, 5.74) is 2.27. The zero-order valence-electron chi connectivity index (χ0n) is 17.5. The third-order valence-corrected chi connectivity index (χ3v) is 5.91. The van der Waals surface area contributed by atoms with Gasteiger partial charge in [0.1, 0.15) is 24.1 Å². The van der Waals surface area contributed by atoms with Gasteiger partial charge in [0.05, 0.1) is 11.7 Å². The molecule has 1 fully saturated rings. The number of alkyl halides is 3. The van der Waals surface area contributed by atoms with Gasteiger partial charge >= 0.3 is 12.2 Å². The van der Waals surface area contributed by atoms with Crippen LogP contribution in [0.1, 0.15) is 12.0 Å². The number of anilines is 1. The number of aryl methyl sites for hydroxylation is 1. The fraction of sp³-hybridized carbons (Fsp3) is 0.400. The molecule has 0 aliphatic carbocycles. The van der Waals surface area contributed by atoms with Crippen molar-refractivity contribution in [3.05, 3.63) is 41.6 Å². The lowest BCUT2D eigenvalue weighted by Crippen LogP contribution is -2.56. The number of aromatic amines is 1. The molecule has 2 aromatic rings. The van der Waals surface area contributed by atoms with E-state index < -0.39 is 30.7 Å². The number of nitrogens with zero attached hydrogens (tertiary/aromatic N) is 4. The standard InChI is InChI=1S/C20H21F3N8O2/c1-10-6-24-15-12(10)7-25-18(28-15)29-19(33)31-11-4-5-30(8-11)14-3-2-13(27-16(14)31)17(32)26-9-20(21,22)23/h2-3,6-7,11,13,27H,4-5,8-9H2,1H3,(H,26,32)(H2,24,25,28,29,33)/t11-,13?/m0/s1. The van der Waals surface area contributed by atoms with Crippen LogP contribution in [0.4, 0.5) is 23.9 Å². The molecule has 33 heavy (non-hydrogen) atoms. The van der Waals surface area contributed by atoms with E-state index >= 15 is 0 Å². The van der Waals surface area contributed by atoms with Crippen LogP contribution in [0.5, 0.6) is 0 Å². The van der Waals surface area contributed by atoms with Crippen molar-refractivity contribution in [1.29, 1.82) is 0 Å². The van der Waals surface area contributed by atoms with Crippen molar-refractivity contribution < 1.29 is 22.8 Å². The molecule has 2 atom stereocenters. The van der Waals surface area contributed by atoms with Crippen LogP contribution in [0.15, 0.2) is 36.1 Å². The number of halogens is 3. The second kappa shape index (κ2) is 7.67. The first-order valence-corrected chi connectivity index (χ1v) is 10.4. The molecule has 5 heterocycles. The number of hydrogen-bond acceptors (Lipinski definition) is 6. The lowest BCUT2D eigenvalue weighted by molar-refractivity contribution is -0.138. The first-order chi connectivity index (χ1) is 15.7. The van der Waals surface area contributed by atoms with Crippen LogP contribution in [0.25, 0.3) is 11.0 Å². The van der Waals surface area contributed by atoms with Gasteiger partial charge in [0.15, 0.2) is 0 Å². The molecule has 2 bridgehead atoms. The van der Waals surface area contributed by atoms with E-state index in [1.807, 2.05) is 12.2 Å². The zero-order valence-corrected chi connectivity index (χ0v) is 17.5. The fourth-order valence-corrected chi connectivity index (χ4v) is 4.31. The van der Waals surface area contributed by atoms with Crippen molar-refractivity contribution in [1.82, 2.24) is 35.4 Å². The minimum absolute atomic E-state index is 0.114. The fourth-order valence-electron chi connectivity index (χ4n) is 4.31. The summed E-state index contributed by atoms with van der Waals surface area (Å²) in [6.45, 7) is 1.81. The summed E-state index contributed by atoms with van der Waals surface area (Å²) in [6, 6.07) is -1.71. The zero-order chi connectivity index (χ0) is 23.3. The number of amides is 3. The molecule has 4 N–H and O–H groups in total. The Bertz CT molecular complexity index is 1190.